The Labute approximate surface area is 282 Å². The summed E-state index contributed by atoms with van der Waals surface area (Å²) >= 11 is 1.37. The van der Waals surface area contributed by atoms with Crippen molar-refractivity contribution in [2.24, 2.45) is 0 Å². The third-order valence-corrected chi connectivity index (χ3v) is 10.8. The molecule has 0 atom stereocenters. The van der Waals surface area contributed by atoms with Gasteiger partial charge in [-0.15, -0.1) is 11.8 Å². The molecule has 0 aromatic heterocycles. The van der Waals surface area contributed by atoms with Gasteiger partial charge in [0.2, 0.25) is 5.43 Å². The SMILES string of the molecule is CCCCCCCCSc1c(OC)c2c3c(OC)cc(=O)c4c(O)c(OC)c5c(c6c(c(OC)c(O)c(c1=O)c62)CC(C)=C5C(C)=O)c43. The van der Waals surface area contributed by atoms with Crippen LogP contribution in [0.2, 0.25) is 0 Å². The second kappa shape index (κ2) is 12.9. The molecule has 2 N–H and O–H groups in total. The van der Waals surface area contributed by atoms with Crippen molar-refractivity contribution in [2.75, 3.05) is 34.2 Å². The number of Topliss-reactive ketones (excluding diaryl/α,β-unsaturated/α-hetero) is 1. The average Bonchev–Trinajstić information content (AvgIpc) is 3.19. The zero-order chi connectivity index (χ0) is 34.6. The highest BCUT2D eigenvalue weighted by Gasteiger charge is 2.37. The van der Waals surface area contributed by atoms with Crippen molar-refractivity contribution in [3.8, 4) is 34.5 Å². The lowest BCUT2D eigenvalue weighted by atomic mass is 9.82. The molecule has 0 fully saturated rings. The van der Waals surface area contributed by atoms with Crippen molar-refractivity contribution < 1.29 is 34.0 Å². The van der Waals surface area contributed by atoms with E-state index in [0.29, 0.717) is 65.2 Å². The van der Waals surface area contributed by atoms with E-state index in [1.165, 1.54) is 66.0 Å². The lowest BCUT2D eigenvalue weighted by Gasteiger charge is -2.25. The molecule has 0 spiro atoms. The third-order valence-electron chi connectivity index (χ3n) is 9.63. The number of allylic oxidation sites excluding steroid dienone is 2. The first kappa shape index (κ1) is 33.5. The van der Waals surface area contributed by atoms with Crippen LogP contribution in [0.1, 0.15) is 70.4 Å². The summed E-state index contributed by atoms with van der Waals surface area (Å²) in [6, 6.07) is 1.29. The summed E-state index contributed by atoms with van der Waals surface area (Å²) < 4.78 is 23.5. The number of thioether (sulfide) groups is 1. The Kier molecular flexibility index (Phi) is 8.98. The Morgan fingerprint density at radius 1 is 0.750 bits per heavy atom. The quantitative estimate of drug-likeness (QED) is 0.0555. The molecule has 10 heteroatoms. The molecule has 0 saturated carbocycles. The third kappa shape index (κ3) is 4.70. The van der Waals surface area contributed by atoms with Gasteiger partial charge in [0.15, 0.2) is 34.2 Å². The number of ether oxygens (including phenoxy) is 4. The number of unbranched alkanes of at least 4 members (excludes halogenated alkanes) is 5. The second-order valence-corrected chi connectivity index (χ2v) is 13.5. The van der Waals surface area contributed by atoms with Gasteiger partial charge in [0, 0.05) is 49.7 Å². The van der Waals surface area contributed by atoms with Crippen molar-refractivity contribution in [2.45, 2.75) is 70.6 Å². The smallest absolute Gasteiger partial charge is 0.207 e. The Bertz CT molecular complexity index is 2270. The molecule has 5 aromatic rings. The molecule has 1 aliphatic carbocycles. The summed E-state index contributed by atoms with van der Waals surface area (Å²) in [6.07, 6.45) is 6.72. The number of hydrogen-bond acceptors (Lipinski definition) is 10. The Hall–Kier alpha value is -4.44. The molecule has 0 radical (unpaired) electrons. The zero-order valence-electron chi connectivity index (χ0n) is 28.4. The lowest BCUT2D eigenvalue weighted by Crippen LogP contribution is -2.12. The van der Waals surface area contributed by atoms with Crippen LogP contribution in [0.15, 0.2) is 26.1 Å². The van der Waals surface area contributed by atoms with Crippen molar-refractivity contribution in [3.05, 3.63) is 43.2 Å². The highest BCUT2D eigenvalue weighted by atomic mass is 32.2. The van der Waals surface area contributed by atoms with E-state index in [1.54, 1.807) is 6.92 Å². The van der Waals surface area contributed by atoms with E-state index in [-0.39, 0.29) is 51.7 Å². The second-order valence-electron chi connectivity index (χ2n) is 12.4. The summed E-state index contributed by atoms with van der Waals surface area (Å²) in [4.78, 5) is 42.2. The molecule has 0 aliphatic heterocycles. The highest BCUT2D eigenvalue weighted by molar-refractivity contribution is 7.99. The van der Waals surface area contributed by atoms with Gasteiger partial charge in [-0.2, -0.15) is 0 Å². The van der Waals surface area contributed by atoms with Gasteiger partial charge in [0.05, 0.1) is 44.1 Å². The summed E-state index contributed by atoms with van der Waals surface area (Å²) in [5.74, 6) is 0.201. The van der Waals surface area contributed by atoms with Crippen LogP contribution in [0, 0.1) is 0 Å². The molecule has 0 amide bonds. The van der Waals surface area contributed by atoms with Gasteiger partial charge < -0.3 is 29.2 Å². The fourth-order valence-electron chi connectivity index (χ4n) is 7.69. The number of rotatable bonds is 13. The van der Waals surface area contributed by atoms with Crippen molar-refractivity contribution >= 4 is 66.2 Å². The van der Waals surface area contributed by atoms with Crippen LogP contribution in [0.5, 0.6) is 34.5 Å². The van der Waals surface area contributed by atoms with E-state index < -0.39 is 16.6 Å². The molecule has 0 bridgehead atoms. The monoisotopic (exact) mass is 672 g/mol. The van der Waals surface area contributed by atoms with Gasteiger partial charge in [-0.1, -0.05) is 44.6 Å². The number of hydrogen-bond donors (Lipinski definition) is 2. The van der Waals surface area contributed by atoms with Gasteiger partial charge in [0.25, 0.3) is 0 Å². The molecule has 0 heterocycles. The molecule has 252 valence electrons. The fourth-order valence-corrected chi connectivity index (χ4v) is 8.80. The van der Waals surface area contributed by atoms with Crippen LogP contribution in [0.25, 0.3) is 48.7 Å². The van der Waals surface area contributed by atoms with Gasteiger partial charge in [-0.25, -0.2) is 0 Å². The van der Waals surface area contributed by atoms with Gasteiger partial charge in [-0.3, -0.25) is 14.4 Å². The maximum atomic E-state index is 14.6. The average molecular weight is 673 g/mol. The number of fused-ring (bicyclic) bond motifs is 1. The number of benzene rings is 5. The van der Waals surface area contributed by atoms with Crippen molar-refractivity contribution in [1.29, 1.82) is 0 Å². The van der Waals surface area contributed by atoms with E-state index in [1.807, 2.05) is 0 Å². The normalized spacial score (nSPS) is 13.0. The largest absolute Gasteiger partial charge is 0.504 e. The fraction of sp³-hybridized carbons (Fsp3) is 0.395. The van der Waals surface area contributed by atoms with E-state index in [0.717, 1.165) is 25.7 Å². The minimum Gasteiger partial charge on any atom is -0.504 e. The first-order valence-electron chi connectivity index (χ1n) is 16.2. The van der Waals surface area contributed by atoms with Crippen molar-refractivity contribution in [3.63, 3.8) is 0 Å². The standard InChI is InChI=1S/C38H40O9S/c1-8-9-10-11-12-13-14-48-38-34(43)31-27-23-19(35(45-5)33(31)42)15-17(2)22(18(3)39)29-26(23)28-24(32(41)36(29)46-6)20(40)16-21(44-4)25(28)30(27)37(38)47-7/h16,41-42H,8-15H2,1-7H3. The van der Waals surface area contributed by atoms with E-state index >= 15 is 0 Å². The molecule has 5 aromatic carbocycles. The number of aromatic hydroxyl groups is 2. The van der Waals surface area contributed by atoms with E-state index in [2.05, 4.69) is 6.92 Å². The van der Waals surface area contributed by atoms with E-state index in [9.17, 15) is 24.6 Å². The maximum absolute atomic E-state index is 14.6. The van der Waals surface area contributed by atoms with Crippen LogP contribution < -0.4 is 29.8 Å². The predicted molar refractivity (Wildman–Crippen MR) is 192 cm³/mol. The topological polar surface area (TPSA) is 129 Å². The van der Waals surface area contributed by atoms with Crippen LogP contribution in [0.3, 0.4) is 0 Å². The zero-order valence-corrected chi connectivity index (χ0v) is 29.2. The number of ketones is 1. The minimum atomic E-state index is -0.511. The number of carbonyl (C=O) groups excluding carboxylic acids is 1. The van der Waals surface area contributed by atoms with Crippen molar-refractivity contribution in [1.82, 2.24) is 0 Å². The Balaban J connectivity index is 1.89. The van der Waals surface area contributed by atoms with Crippen LogP contribution in [-0.4, -0.2) is 50.2 Å². The van der Waals surface area contributed by atoms with Crippen LogP contribution in [-0.2, 0) is 11.2 Å². The molecule has 0 saturated heterocycles. The first-order chi connectivity index (χ1) is 23.1. The summed E-state index contributed by atoms with van der Waals surface area (Å²) in [5, 5.41) is 26.2. The Morgan fingerprint density at radius 3 is 2.00 bits per heavy atom. The Morgan fingerprint density at radius 2 is 1.38 bits per heavy atom. The van der Waals surface area contributed by atoms with Crippen LogP contribution in [0.4, 0.5) is 0 Å². The van der Waals surface area contributed by atoms with Gasteiger partial charge >= 0.3 is 0 Å². The van der Waals surface area contributed by atoms with Crippen LogP contribution >= 0.6 is 11.8 Å². The molecule has 48 heavy (non-hydrogen) atoms. The number of phenolic OH excluding ortho intramolecular Hbond substituents is 2. The lowest BCUT2D eigenvalue weighted by molar-refractivity contribution is -0.111. The van der Waals surface area contributed by atoms with Gasteiger partial charge in [0.1, 0.15) is 11.5 Å². The predicted octanol–water partition coefficient (Wildman–Crippen LogP) is 7.71. The molecule has 6 rings (SSSR count). The molecule has 0 unspecified atom stereocenters. The number of carbonyl (C=O) groups is 1. The number of phenols is 2. The summed E-state index contributed by atoms with van der Waals surface area (Å²) in [5.41, 5.74) is 0.840. The maximum Gasteiger partial charge on any atom is 0.207 e. The van der Waals surface area contributed by atoms with Gasteiger partial charge in [-0.05, 0) is 37.8 Å². The molecular formula is C38H40O9S. The minimum absolute atomic E-state index is 0.0183. The highest BCUT2D eigenvalue weighted by Crippen LogP contribution is 2.58. The first-order valence-corrected chi connectivity index (χ1v) is 17.2. The molecule has 1 aliphatic rings. The van der Waals surface area contributed by atoms with E-state index in [4.69, 9.17) is 18.9 Å². The summed E-state index contributed by atoms with van der Waals surface area (Å²) in [7, 11) is 5.72. The molecule has 9 nitrogen and oxygen atoms in total. The molecular weight excluding hydrogens is 632 g/mol. The number of methoxy groups -OCH3 is 4. The summed E-state index contributed by atoms with van der Waals surface area (Å²) in [6.45, 7) is 5.40.